The van der Waals surface area contributed by atoms with E-state index in [2.05, 4.69) is 32.6 Å². The van der Waals surface area contributed by atoms with Crippen molar-refractivity contribution >= 4 is 12.0 Å². The van der Waals surface area contributed by atoms with Crippen molar-refractivity contribution in [3.8, 4) is 5.75 Å². The lowest BCUT2D eigenvalue weighted by Gasteiger charge is -2.47. The first-order valence-electron chi connectivity index (χ1n) is 7.39. The highest BCUT2D eigenvalue weighted by atomic mass is 16.5. The number of rotatable bonds is 4. The van der Waals surface area contributed by atoms with Crippen LogP contribution in [0.2, 0.25) is 0 Å². The van der Waals surface area contributed by atoms with Crippen LogP contribution in [0, 0.1) is 0 Å². The maximum Gasteiger partial charge on any atom is 0.153 e. The second-order valence-corrected chi connectivity index (χ2v) is 6.34. The first-order chi connectivity index (χ1) is 9.44. The molecule has 0 N–H and O–H groups in total. The monoisotopic (exact) mass is 275 g/mol. The van der Waals surface area contributed by atoms with Crippen LogP contribution in [-0.2, 0) is 0 Å². The number of ether oxygens (including phenoxy) is 1. The van der Waals surface area contributed by atoms with Crippen molar-refractivity contribution in [1.29, 1.82) is 0 Å². The average molecular weight is 275 g/mol. The molecule has 0 radical (unpaired) electrons. The van der Waals surface area contributed by atoms with Crippen molar-refractivity contribution in [3.63, 3.8) is 0 Å². The van der Waals surface area contributed by atoms with E-state index < -0.39 is 0 Å². The molecule has 0 saturated heterocycles. The Labute approximate surface area is 121 Å². The van der Waals surface area contributed by atoms with E-state index in [-0.39, 0.29) is 5.54 Å². The third kappa shape index (κ3) is 2.41. The molecule has 2 rings (SSSR count). The molecule has 3 heteroatoms. The zero-order valence-corrected chi connectivity index (χ0v) is 13.2. The zero-order valence-electron chi connectivity index (χ0n) is 13.2. The molecule has 1 aromatic rings. The van der Waals surface area contributed by atoms with Gasteiger partial charge in [-0.25, -0.2) is 0 Å². The highest BCUT2D eigenvalue weighted by molar-refractivity contribution is 5.82. The summed E-state index contributed by atoms with van der Waals surface area (Å²) in [7, 11) is 1.62. The zero-order chi connectivity index (χ0) is 14.9. The van der Waals surface area contributed by atoms with Gasteiger partial charge in [-0.15, -0.1) is 0 Å². The second kappa shape index (κ2) is 5.47. The lowest BCUT2D eigenvalue weighted by molar-refractivity contribution is 0.112. The minimum Gasteiger partial charge on any atom is -0.496 e. The molecule has 20 heavy (non-hydrogen) atoms. The molecule has 1 aliphatic heterocycles. The molecule has 0 saturated carbocycles. The first kappa shape index (κ1) is 14.9. The van der Waals surface area contributed by atoms with Gasteiger partial charge in [-0.3, -0.25) is 4.79 Å². The Morgan fingerprint density at radius 2 is 2.15 bits per heavy atom. The number of aldehydes is 1. The van der Waals surface area contributed by atoms with Gasteiger partial charge in [-0.2, -0.15) is 0 Å². The SMILES string of the molecule is CCCN1c2cc(OC)c(C=O)cc2[C@H](C)CC1(C)C. The Morgan fingerprint density at radius 3 is 2.70 bits per heavy atom. The smallest absolute Gasteiger partial charge is 0.153 e. The van der Waals surface area contributed by atoms with Crippen molar-refractivity contribution in [2.24, 2.45) is 0 Å². The van der Waals surface area contributed by atoms with Gasteiger partial charge < -0.3 is 9.64 Å². The number of hydrogen-bond acceptors (Lipinski definition) is 3. The number of fused-ring (bicyclic) bond motifs is 1. The average Bonchev–Trinajstić information content (AvgIpc) is 2.41. The van der Waals surface area contributed by atoms with Gasteiger partial charge in [0.1, 0.15) is 5.75 Å². The molecule has 110 valence electrons. The molecule has 3 nitrogen and oxygen atoms in total. The molecule has 0 bridgehead atoms. The molecule has 1 aliphatic rings. The maximum absolute atomic E-state index is 11.2. The van der Waals surface area contributed by atoms with Crippen molar-refractivity contribution in [3.05, 3.63) is 23.3 Å². The topological polar surface area (TPSA) is 29.5 Å². The van der Waals surface area contributed by atoms with E-state index in [1.54, 1.807) is 7.11 Å². The molecular formula is C17H25NO2. The maximum atomic E-state index is 11.2. The first-order valence-corrected chi connectivity index (χ1v) is 7.39. The molecule has 0 aromatic heterocycles. The van der Waals surface area contributed by atoms with Gasteiger partial charge in [0.15, 0.2) is 6.29 Å². The normalized spacial score (nSPS) is 20.4. The van der Waals surface area contributed by atoms with Crippen molar-refractivity contribution in [1.82, 2.24) is 0 Å². The largest absolute Gasteiger partial charge is 0.496 e. The summed E-state index contributed by atoms with van der Waals surface area (Å²) in [5.74, 6) is 1.13. The Hall–Kier alpha value is -1.51. The molecule has 1 aromatic carbocycles. The van der Waals surface area contributed by atoms with E-state index >= 15 is 0 Å². The number of benzene rings is 1. The van der Waals surface area contributed by atoms with Crippen LogP contribution in [-0.4, -0.2) is 25.5 Å². The minimum absolute atomic E-state index is 0.135. The lowest BCUT2D eigenvalue weighted by Crippen LogP contribution is -2.48. The van der Waals surface area contributed by atoms with E-state index in [9.17, 15) is 4.79 Å². The fourth-order valence-corrected chi connectivity index (χ4v) is 3.44. The molecule has 1 atom stereocenters. The number of methoxy groups -OCH3 is 1. The fourth-order valence-electron chi connectivity index (χ4n) is 3.44. The van der Waals surface area contributed by atoms with Crippen molar-refractivity contribution in [2.45, 2.75) is 52.0 Å². The third-order valence-corrected chi connectivity index (χ3v) is 4.31. The Balaban J connectivity index is 2.60. The van der Waals surface area contributed by atoms with E-state index in [4.69, 9.17) is 4.74 Å². The number of hydrogen-bond donors (Lipinski definition) is 0. The van der Waals surface area contributed by atoms with E-state index in [1.165, 1.54) is 11.3 Å². The van der Waals surface area contributed by atoms with Gasteiger partial charge in [-0.05, 0) is 44.2 Å². The van der Waals surface area contributed by atoms with Crippen LogP contribution in [0.4, 0.5) is 5.69 Å². The standard InChI is InChI=1S/C17H25NO2/c1-6-7-18-15-9-16(20-5)13(11-19)8-14(15)12(2)10-17(18,3)4/h8-9,11-12H,6-7,10H2,1-5H3/t12-/m1/s1. The quantitative estimate of drug-likeness (QED) is 0.778. The number of carbonyl (C=O) groups is 1. The summed E-state index contributed by atoms with van der Waals surface area (Å²) in [5, 5.41) is 0. The Kier molecular flexibility index (Phi) is 4.07. The fraction of sp³-hybridized carbons (Fsp3) is 0.588. The van der Waals surface area contributed by atoms with Crippen LogP contribution >= 0.6 is 0 Å². The van der Waals surface area contributed by atoms with Crippen LogP contribution in [0.5, 0.6) is 5.75 Å². The predicted octanol–water partition coefficient (Wildman–Crippen LogP) is 4.01. The molecule has 0 unspecified atom stereocenters. The summed E-state index contributed by atoms with van der Waals surface area (Å²) in [4.78, 5) is 13.7. The Morgan fingerprint density at radius 1 is 1.45 bits per heavy atom. The van der Waals surface area contributed by atoms with Crippen molar-refractivity contribution in [2.75, 3.05) is 18.6 Å². The molecule has 0 amide bonds. The summed E-state index contributed by atoms with van der Waals surface area (Å²) in [6, 6.07) is 4.04. The molecule has 0 aliphatic carbocycles. The highest BCUT2D eigenvalue weighted by Gasteiger charge is 2.36. The number of anilines is 1. The number of nitrogens with zero attached hydrogens (tertiary/aromatic N) is 1. The summed E-state index contributed by atoms with van der Waals surface area (Å²) in [5.41, 5.74) is 3.27. The van der Waals surface area contributed by atoms with E-state index in [0.29, 0.717) is 17.2 Å². The van der Waals surface area contributed by atoms with Gasteiger partial charge >= 0.3 is 0 Å². The van der Waals surface area contributed by atoms with Gasteiger partial charge in [0.05, 0.1) is 12.7 Å². The third-order valence-electron chi connectivity index (χ3n) is 4.31. The van der Waals surface area contributed by atoms with Gasteiger partial charge in [0.2, 0.25) is 0 Å². The number of carbonyl (C=O) groups excluding carboxylic acids is 1. The lowest BCUT2D eigenvalue weighted by atomic mass is 9.79. The van der Waals surface area contributed by atoms with Crippen LogP contribution in [0.25, 0.3) is 0 Å². The molecule has 0 spiro atoms. The molecular weight excluding hydrogens is 250 g/mol. The second-order valence-electron chi connectivity index (χ2n) is 6.34. The molecule has 0 fully saturated rings. The van der Waals surface area contributed by atoms with E-state index in [0.717, 1.165) is 25.7 Å². The van der Waals surface area contributed by atoms with Gasteiger partial charge in [0.25, 0.3) is 0 Å². The predicted molar refractivity (Wildman–Crippen MR) is 83.1 cm³/mol. The van der Waals surface area contributed by atoms with Gasteiger partial charge in [0, 0.05) is 23.8 Å². The van der Waals surface area contributed by atoms with Crippen LogP contribution in [0.15, 0.2) is 12.1 Å². The summed E-state index contributed by atoms with van der Waals surface area (Å²) in [6.45, 7) is 10.1. The van der Waals surface area contributed by atoms with Crippen molar-refractivity contribution < 1.29 is 9.53 Å². The summed E-state index contributed by atoms with van der Waals surface area (Å²) in [6.07, 6.45) is 3.09. The minimum atomic E-state index is 0.135. The van der Waals surface area contributed by atoms with Crippen LogP contribution < -0.4 is 9.64 Å². The molecule has 1 heterocycles. The van der Waals surface area contributed by atoms with Gasteiger partial charge in [-0.1, -0.05) is 13.8 Å². The Bertz CT molecular complexity index is 508. The summed E-state index contributed by atoms with van der Waals surface area (Å²) < 4.78 is 5.37. The highest BCUT2D eigenvalue weighted by Crippen LogP contribution is 2.45. The van der Waals surface area contributed by atoms with E-state index in [1.807, 2.05) is 12.1 Å². The van der Waals surface area contributed by atoms with Crippen LogP contribution in [0.3, 0.4) is 0 Å². The van der Waals surface area contributed by atoms with Crippen LogP contribution in [0.1, 0.15) is 62.4 Å². The summed E-state index contributed by atoms with van der Waals surface area (Å²) >= 11 is 0.